The van der Waals surface area contributed by atoms with Gasteiger partial charge in [0, 0.05) is 18.0 Å². The van der Waals surface area contributed by atoms with Gasteiger partial charge in [-0.2, -0.15) is 0 Å². The van der Waals surface area contributed by atoms with E-state index in [1.54, 1.807) is 6.92 Å². The lowest BCUT2D eigenvalue weighted by molar-refractivity contribution is 0.390. The van der Waals surface area contributed by atoms with Crippen LogP contribution in [0.25, 0.3) is 0 Å². The molecule has 2 aromatic heterocycles. The predicted octanol–water partition coefficient (Wildman–Crippen LogP) is 1.24. The van der Waals surface area contributed by atoms with Crippen molar-refractivity contribution in [1.82, 2.24) is 15.1 Å². The number of hydrogen-bond donors (Lipinski definition) is 1. The van der Waals surface area contributed by atoms with E-state index < -0.39 is 9.84 Å². The SMILES string of the molecule is CCc1noc(C)c1CS(=O)(=O)c1ncc[nH]1. The number of hydrogen-bond acceptors (Lipinski definition) is 5. The molecule has 6 nitrogen and oxygen atoms in total. The molecule has 0 unspecified atom stereocenters. The molecule has 92 valence electrons. The molecule has 0 saturated carbocycles. The van der Waals surface area contributed by atoms with Crippen LogP contribution in [-0.4, -0.2) is 23.5 Å². The summed E-state index contributed by atoms with van der Waals surface area (Å²) in [6, 6.07) is 0. The minimum Gasteiger partial charge on any atom is -0.361 e. The van der Waals surface area contributed by atoms with Gasteiger partial charge in [-0.1, -0.05) is 12.1 Å². The summed E-state index contributed by atoms with van der Waals surface area (Å²) in [6.45, 7) is 3.61. The van der Waals surface area contributed by atoms with Crippen LogP contribution in [0.5, 0.6) is 0 Å². The monoisotopic (exact) mass is 255 g/mol. The molecule has 0 bridgehead atoms. The summed E-state index contributed by atoms with van der Waals surface area (Å²) in [5.74, 6) is 0.399. The molecule has 0 aliphatic carbocycles. The molecule has 0 aliphatic rings. The summed E-state index contributed by atoms with van der Waals surface area (Å²) in [6.07, 6.45) is 3.53. The molecule has 0 radical (unpaired) electrons. The van der Waals surface area contributed by atoms with Crippen molar-refractivity contribution in [3.8, 4) is 0 Å². The van der Waals surface area contributed by atoms with Crippen molar-refractivity contribution >= 4 is 9.84 Å². The van der Waals surface area contributed by atoms with Crippen LogP contribution in [0.15, 0.2) is 22.1 Å². The van der Waals surface area contributed by atoms with E-state index in [0.717, 1.165) is 0 Å². The Hall–Kier alpha value is -1.63. The third kappa shape index (κ3) is 2.23. The topological polar surface area (TPSA) is 88.8 Å². The van der Waals surface area contributed by atoms with Gasteiger partial charge in [0.2, 0.25) is 15.0 Å². The van der Waals surface area contributed by atoms with Gasteiger partial charge in [0.05, 0.1) is 11.4 Å². The minimum atomic E-state index is -3.46. The summed E-state index contributed by atoms with van der Waals surface area (Å²) < 4.78 is 29.0. The fourth-order valence-electron chi connectivity index (χ4n) is 1.58. The Kier molecular flexibility index (Phi) is 3.01. The largest absolute Gasteiger partial charge is 0.361 e. The average Bonchev–Trinajstić information content (AvgIpc) is 2.90. The Balaban J connectivity index is 2.36. The lowest BCUT2D eigenvalue weighted by atomic mass is 10.2. The second-order valence-corrected chi connectivity index (χ2v) is 5.58. The predicted molar refractivity (Wildman–Crippen MR) is 60.1 cm³/mol. The maximum Gasteiger partial charge on any atom is 0.225 e. The number of sulfone groups is 1. The van der Waals surface area contributed by atoms with Crippen molar-refractivity contribution in [2.45, 2.75) is 31.2 Å². The van der Waals surface area contributed by atoms with Crippen LogP contribution in [0.3, 0.4) is 0 Å². The highest BCUT2D eigenvalue weighted by molar-refractivity contribution is 7.90. The van der Waals surface area contributed by atoms with E-state index in [2.05, 4.69) is 15.1 Å². The number of nitrogens with one attached hydrogen (secondary N) is 1. The zero-order chi connectivity index (χ0) is 12.5. The van der Waals surface area contributed by atoms with E-state index in [1.807, 2.05) is 6.92 Å². The molecule has 7 heteroatoms. The number of aryl methyl sites for hydroxylation is 2. The van der Waals surface area contributed by atoms with E-state index in [0.29, 0.717) is 23.4 Å². The van der Waals surface area contributed by atoms with Crippen molar-refractivity contribution in [3.63, 3.8) is 0 Å². The zero-order valence-electron chi connectivity index (χ0n) is 9.60. The van der Waals surface area contributed by atoms with Crippen molar-refractivity contribution in [2.75, 3.05) is 0 Å². The molecule has 0 aromatic carbocycles. The van der Waals surface area contributed by atoms with Crippen LogP contribution in [0, 0.1) is 6.92 Å². The Morgan fingerprint density at radius 2 is 2.24 bits per heavy atom. The molecule has 0 spiro atoms. The lowest BCUT2D eigenvalue weighted by Crippen LogP contribution is -2.08. The molecule has 0 atom stereocenters. The normalized spacial score (nSPS) is 11.9. The summed E-state index contributed by atoms with van der Waals surface area (Å²) in [5, 5.41) is 3.80. The highest BCUT2D eigenvalue weighted by Crippen LogP contribution is 2.19. The van der Waals surface area contributed by atoms with Gasteiger partial charge in [0.1, 0.15) is 5.76 Å². The van der Waals surface area contributed by atoms with E-state index in [1.165, 1.54) is 12.4 Å². The summed E-state index contributed by atoms with van der Waals surface area (Å²) >= 11 is 0. The van der Waals surface area contributed by atoms with Gasteiger partial charge in [0.25, 0.3) is 0 Å². The Morgan fingerprint density at radius 3 is 2.82 bits per heavy atom. The van der Waals surface area contributed by atoms with Crippen molar-refractivity contribution in [3.05, 3.63) is 29.4 Å². The van der Waals surface area contributed by atoms with Crippen LogP contribution < -0.4 is 0 Å². The number of aromatic amines is 1. The molecule has 0 amide bonds. The first-order chi connectivity index (χ1) is 8.04. The molecule has 0 fully saturated rings. The summed E-state index contributed by atoms with van der Waals surface area (Å²) in [5.41, 5.74) is 1.31. The Labute approximate surface area is 99.0 Å². The first kappa shape index (κ1) is 11.8. The maximum absolute atomic E-state index is 12.0. The van der Waals surface area contributed by atoms with Gasteiger partial charge in [-0.15, -0.1) is 0 Å². The lowest BCUT2D eigenvalue weighted by Gasteiger charge is -2.01. The van der Waals surface area contributed by atoms with Gasteiger partial charge in [-0.3, -0.25) is 0 Å². The number of rotatable bonds is 4. The smallest absolute Gasteiger partial charge is 0.225 e. The van der Waals surface area contributed by atoms with Gasteiger partial charge < -0.3 is 9.51 Å². The standard InChI is InChI=1S/C10H13N3O3S/c1-3-9-8(7(2)16-13-9)6-17(14,15)10-11-4-5-12-10/h4-5H,3,6H2,1-2H3,(H,11,12). The van der Waals surface area contributed by atoms with Crippen molar-refractivity contribution in [1.29, 1.82) is 0 Å². The molecule has 2 rings (SSSR count). The highest BCUT2D eigenvalue weighted by atomic mass is 32.2. The van der Waals surface area contributed by atoms with Crippen LogP contribution in [0.4, 0.5) is 0 Å². The van der Waals surface area contributed by atoms with Crippen molar-refractivity contribution in [2.24, 2.45) is 0 Å². The second-order valence-electron chi connectivity index (χ2n) is 3.67. The number of H-pyrrole nitrogens is 1. The number of imidazole rings is 1. The molecule has 1 N–H and O–H groups in total. The van der Waals surface area contributed by atoms with Crippen LogP contribution in [-0.2, 0) is 22.0 Å². The molecule has 0 aliphatic heterocycles. The summed E-state index contributed by atoms with van der Waals surface area (Å²) in [4.78, 5) is 6.36. The quantitative estimate of drug-likeness (QED) is 0.887. The number of aromatic nitrogens is 3. The summed E-state index contributed by atoms with van der Waals surface area (Å²) in [7, 11) is -3.46. The second kappa shape index (κ2) is 4.33. The third-order valence-corrected chi connectivity index (χ3v) is 3.98. The minimum absolute atomic E-state index is 0.0276. The zero-order valence-corrected chi connectivity index (χ0v) is 10.4. The Bertz CT molecular complexity index is 599. The number of nitrogens with zero attached hydrogens (tertiary/aromatic N) is 2. The first-order valence-corrected chi connectivity index (χ1v) is 6.86. The molecular weight excluding hydrogens is 242 g/mol. The molecule has 2 aromatic rings. The van der Waals surface area contributed by atoms with Gasteiger partial charge >= 0.3 is 0 Å². The highest BCUT2D eigenvalue weighted by Gasteiger charge is 2.23. The van der Waals surface area contributed by atoms with E-state index in [4.69, 9.17) is 4.52 Å². The van der Waals surface area contributed by atoms with E-state index >= 15 is 0 Å². The fraction of sp³-hybridized carbons (Fsp3) is 0.400. The van der Waals surface area contributed by atoms with Crippen molar-refractivity contribution < 1.29 is 12.9 Å². The van der Waals surface area contributed by atoms with Gasteiger partial charge in [-0.25, -0.2) is 13.4 Å². The van der Waals surface area contributed by atoms with Gasteiger partial charge in [-0.05, 0) is 13.3 Å². The molecular formula is C10H13N3O3S. The molecule has 0 saturated heterocycles. The van der Waals surface area contributed by atoms with Crippen LogP contribution in [0.1, 0.15) is 23.9 Å². The fourth-order valence-corrected chi connectivity index (χ4v) is 2.93. The molecule has 17 heavy (non-hydrogen) atoms. The van der Waals surface area contributed by atoms with Gasteiger partial charge in [0.15, 0.2) is 0 Å². The van der Waals surface area contributed by atoms with E-state index in [-0.39, 0.29) is 10.9 Å². The van der Waals surface area contributed by atoms with Crippen LogP contribution in [0.2, 0.25) is 0 Å². The average molecular weight is 255 g/mol. The third-order valence-electron chi connectivity index (χ3n) is 2.50. The Morgan fingerprint density at radius 1 is 1.47 bits per heavy atom. The van der Waals surface area contributed by atoms with Crippen LogP contribution >= 0.6 is 0 Å². The maximum atomic E-state index is 12.0. The van der Waals surface area contributed by atoms with E-state index in [9.17, 15) is 8.42 Å². The molecule has 2 heterocycles. The first-order valence-electron chi connectivity index (χ1n) is 5.20.